The zero-order valence-corrected chi connectivity index (χ0v) is 28.4. The van der Waals surface area contributed by atoms with E-state index in [0.717, 1.165) is 59.8 Å². The number of carbonyl (C=O) groups is 1. The van der Waals surface area contributed by atoms with E-state index in [2.05, 4.69) is 17.9 Å². The zero-order valence-electron chi connectivity index (χ0n) is 28.4. The number of hydrogen-bond donors (Lipinski definition) is 1. The zero-order chi connectivity index (χ0) is 33.7. The lowest BCUT2D eigenvalue weighted by Crippen LogP contribution is -2.53. The van der Waals surface area contributed by atoms with E-state index in [4.69, 9.17) is 28.4 Å². The number of amides is 1. The van der Waals surface area contributed by atoms with Crippen molar-refractivity contribution >= 4 is 11.8 Å². The SMILES string of the molecule is COCCCN1CCOc2ccc(CO[C@H]3CN(C(=O)OCc4ccccc4)C[C@@H](O)[C@@H]3c3ccc(OCC[C@H](C)COC)cc3)cc21. The molecule has 0 unspecified atom stereocenters. The monoisotopic (exact) mass is 662 g/mol. The van der Waals surface area contributed by atoms with E-state index in [1.54, 1.807) is 19.1 Å². The van der Waals surface area contributed by atoms with Gasteiger partial charge in [-0.2, -0.15) is 0 Å². The van der Waals surface area contributed by atoms with Crippen LogP contribution in [-0.2, 0) is 32.2 Å². The molecule has 260 valence electrons. The summed E-state index contributed by atoms with van der Waals surface area (Å²) in [6, 6.07) is 23.5. The van der Waals surface area contributed by atoms with E-state index in [1.165, 1.54) is 0 Å². The quantitative estimate of drug-likeness (QED) is 0.195. The van der Waals surface area contributed by atoms with Gasteiger partial charge in [0.1, 0.15) is 24.7 Å². The Morgan fingerprint density at radius 2 is 1.77 bits per heavy atom. The van der Waals surface area contributed by atoms with Crippen LogP contribution in [0.3, 0.4) is 0 Å². The number of ether oxygens (including phenoxy) is 6. The van der Waals surface area contributed by atoms with Crippen molar-refractivity contribution in [2.24, 2.45) is 5.92 Å². The van der Waals surface area contributed by atoms with Crippen molar-refractivity contribution in [2.45, 2.75) is 51.1 Å². The van der Waals surface area contributed by atoms with Crippen molar-refractivity contribution < 1.29 is 38.3 Å². The Morgan fingerprint density at radius 3 is 2.54 bits per heavy atom. The molecule has 4 atom stereocenters. The van der Waals surface area contributed by atoms with Gasteiger partial charge in [-0.1, -0.05) is 55.5 Å². The average Bonchev–Trinajstić information content (AvgIpc) is 3.10. The van der Waals surface area contributed by atoms with Gasteiger partial charge in [-0.25, -0.2) is 4.79 Å². The van der Waals surface area contributed by atoms with Gasteiger partial charge >= 0.3 is 6.09 Å². The highest BCUT2D eigenvalue weighted by Crippen LogP contribution is 2.35. The largest absolute Gasteiger partial charge is 0.494 e. The van der Waals surface area contributed by atoms with Crippen LogP contribution < -0.4 is 14.4 Å². The number of β-amino-alcohol motifs (C(OH)–C–C–N with tert-alkyl or cyclic N) is 1. The average molecular weight is 663 g/mol. The lowest BCUT2D eigenvalue weighted by atomic mass is 9.84. The molecule has 0 aliphatic carbocycles. The summed E-state index contributed by atoms with van der Waals surface area (Å²) < 4.78 is 34.6. The van der Waals surface area contributed by atoms with Crippen LogP contribution in [-0.4, -0.2) is 95.1 Å². The Kier molecular flexibility index (Phi) is 13.4. The minimum atomic E-state index is -0.858. The number of rotatable bonds is 16. The van der Waals surface area contributed by atoms with Crippen LogP contribution in [0.1, 0.15) is 42.4 Å². The van der Waals surface area contributed by atoms with Gasteiger partial charge in [-0.3, -0.25) is 0 Å². The second-order valence-electron chi connectivity index (χ2n) is 12.6. The molecule has 1 amide bonds. The molecule has 3 aromatic rings. The van der Waals surface area contributed by atoms with E-state index in [-0.39, 0.29) is 25.6 Å². The number of carbonyl (C=O) groups excluding carboxylic acids is 1. The van der Waals surface area contributed by atoms with Crippen LogP contribution in [0.2, 0.25) is 0 Å². The first-order valence-electron chi connectivity index (χ1n) is 16.9. The molecule has 1 saturated heterocycles. The summed E-state index contributed by atoms with van der Waals surface area (Å²) in [5.41, 5.74) is 3.85. The Hall–Kier alpha value is -3.83. The molecule has 3 aromatic carbocycles. The molecule has 2 aliphatic heterocycles. The second-order valence-corrected chi connectivity index (χ2v) is 12.6. The second kappa shape index (κ2) is 18.1. The number of methoxy groups -OCH3 is 2. The number of piperidine rings is 1. The van der Waals surface area contributed by atoms with Crippen LogP contribution in [0, 0.1) is 5.92 Å². The van der Waals surface area contributed by atoms with Crippen molar-refractivity contribution in [3.63, 3.8) is 0 Å². The summed E-state index contributed by atoms with van der Waals surface area (Å²) in [5, 5.41) is 11.5. The maximum absolute atomic E-state index is 13.2. The molecule has 0 spiro atoms. The molecule has 2 aliphatic rings. The van der Waals surface area contributed by atoms with Crippen LogP contribution >= 0.6 is 0 Å². The first kappa shape index (κ1) is 35.5. The van der Waals surface area contributed by atoms with E-state index >= 15 is 0 Å². The summed E-state index contributed by atoms with van der Waals surface area (Å²) in [7, 11) is 3.43. The van der Waals surface area contributed by atoms with Gasteiger partial charge in [0.15, 0.2) is 0 Å². The van der Waals surface area contributed by atoms with E-state index in [0.29, 0.717) is 39.0 Å². The fourth-order valence-electron chi connectivity index (χ4n) is 6.32. The van der Waals surface area contributed by atoms with Crippen molar-refractivity contribution in [1.29, 1.82) is 0 Å². The number of nitrogens with zero attached hydrogens (tertiary/aromatic N) is 2. The molecule has 0 aromatic heterocycles. The van der Waals surface area contributed by atoms with Crippen LogP contribution in [0.4, 0.5) is 10.5 Å². The Morgan fingerprint density at radius 1 is 0.958 bits per heavy atom. The fraction of sp³-hybridized carbons (Fsp3) is 0.500. The van der Waals surface area contributed by atoms with Crippen LogP contribution in [0.25, 0.3) is 0 Å². The van der Waals surface area contributed by atoms with Gasteiger partial charge < -0.3 is 43.3 Å². The highest BCUT2D eigenvalue weighted by atomic mass is 16.6. The van der Waals surface area contributed by atoms with Crippen molar-refractivity contribution in [3.8, 4) is 11.5 Å². The lowest BCUT2D eigenvalue weighted by molar-refractivity contribution is -0.0692. The molecule has 0 saturated carbocycles. The number of hydrogen-bond acceptors (Lipinski definition) is 9. The summed E-state index contributed by atoms with van der Waals surface area (Å²) in [5.74, 6) is 1.68. The summed E-state index contributed by atoms with van der Waals surface area (Å²) in [4.78, 5) is 17.1. The Balaban J connectivity index is 1.29. The molecule has 5 rings (SSSR count). The number of aliphatic hydroxyl groups excluding tert-OH is 1. The number of fused-ring (bicyclic) bond motifs is 1. The fourth-order valence-corrected chi connectivity index (χ4v) is 6.32. The molecular weight excluding hydrogens is 612 g/mol. The van der Waals surface area contributed by atoms with Gasteiger partial charge in [-0.05, 0) is 59.7 Å². The van der Waals surface area contributed by atoms with Gasteiger partial charge in [0.25, 0.3) is 0 Å². The number of aliphatic hydroxyl groups is 1. The molecule has 10 nitrogen and oxygen atoms in total. The maximum atomic E-state index is 13.2. The Bertz CT molecular complexity index is 1410. The molecule has 10 heteroatoms. The van der Waals surface area contributed by atoms with Gasteiger partial charge in [0.2, 0.25) is 0 Å². The van der Waals surface area contributed by atoms with E-state index < -0.39 is 18.3 Å². The van der Waals surface area contributed by atoms with Crippen molar-refractivity contribution in [3.05, 3.63) is 89.5 Å². The van der Waals surface area contributed by atoms with E-state index in [9.17, 15) is 9.90 Å². The molecule has 0 bridgehead atoms. The van der Waals surface area contributed by atoms with Crippen molar-refractivity contribution in [1.82, 2.24) is 4.90 Å². The summed E-state index contributed by atoms with van der Waals surface area (Å²) >= 11 is 0. The predicted molar refractivity (Wildman–Crippen MR) is 184 cm³/mol. The van der Waals surface area contributed by atoms with Crippen LogP contribution in [0.15, 0.2) is 72.8 Å². The molecule has 1 N–H and O–H groups in total. The summed E-state index contributed by atoms with van der Waals surface area (Å²) in [6.45, 7) is 7.34. The highest BCUT2D eigenvalue weighted by molar-refractivity contribution is 5.68. The topological polar surface area (TPSA) is 99.2 Å². The molecule has 48 heavy (non-hydrogen) atoms. The smallest absolute Gasteiger partial charge is 0.410 e. The van der Waals surface area contributed by atoms with Crippen molar-refractivity contribution in [2.75, 3.05) is 71.7 Å². The molecule has 2 heterocycles. The minimum Gasteiger partial charge on any atom is -0.494 e. The number of benzene rings is 3. The number of likely N-dealkylation sites (tertiary alicyclic amines) is 1. The van der Waals surface area contributed by atoms with Gasteiger partial charge in [0, 0.05) is 39.9 Å². The molecular formula is C38H50N2O8. The molecule has 0 radical (unpaired) electrons. The number of anilines is 1. The Labute approximate surface area is 284 Å². The molecule has 1 fully saturated rings. The first-order chi connectivity index (χ1) is 23.4. The standard InChI is InChI=1S/C38H50N2O8/c1-28(25-44-3)16-20-45-32-13-11-31(12-14-32)37-34(41)23-40(38(42)48-26-29-8-5-4-6-9-29)24-36(37)47-27-30-10-15-35-33(22-30)39(18-21-46-35)17-7-19-43-2/h4-6,8-15,22,28,34,36-37,41H,7,16-21,23-27H2,1-3H3/t28-,34+,36-,37-/m0/s1. The normalized spacial score (nSPS) is 19.7. The third-order valence-corrected chi connectivity index (χ3v) is 8.91. The summed E-state index contributed by atoms with van der Waals surface area (Å²) in [6.07, 6.45) is -0.00430. The highest BCUT2D eigenvalue weighted by Gasteiger charge is 2.40. The third-order valence-electron chi connectivity index (χ3n) is 8.91. The van der Waals surface area contributed by atoms with Gasteiger partial charge in [-0.15, -0.1) is 0 Å². The van der Waals surface area contributed by atoms with Crippen LogP contribution in [0.5, 0.6) is 11.5 Å². The van der Waals surface area contributed by atoms with E-state index in [1.807, 2.05) is 66.7 Å². The minimum absolute atomic E-state index is 0.139. The maximum Gasteiger partial charge on any atom is 0.410 e. The first-order valence-corrected chi connectivity index (χ1v) is 16.9. The third kappa shape index (κ3) is 9.85. The van der Waals surface area contributed by atoms with Gasteiger partial charge in [0.05, 0.1) is 50.7 Å². The lowest BCUT2D eigenvalue weighted by Gasteiger charge is -2.41. The predicted octanol–water partition coefficient (Wildman–Crippen LogP) is 5.66.